The van der Waals surface area contributed by atoms with Gasteiger partial charge in [0.05, 0.1) is 6.04 Å². The number of nitrogens with two attached hydrogens (primary N) is 1. The number of benzene rings is 2. The molecule has 3 N–H and O–H groups in total. The van der Waals surface area contributed by atoms with Crippen LogP contribution in [0.2, 0.25) is 0 Å². The van der Waals surface area contributed by atoms with Gasteiger partial charge in [-0.3, -0.25) is 11.3 Å². The number of halogens is 1. The highest BCUT2D eigenvalue weighted by Crippen LogP contribution is 2.29. The van der Waals surface area contributed by atoms with Gasteiger partial charge in [-0.2, -0.15) is 0 Å². The predicted octanol–water partition coefficient (Wildman–Crippen LogP) is 4.10. The summed E-state index contributed by atoms with van der Waals surface area (Å²) in [5.41, 5.74) is 5.83. The van der Waals surface area contributed by atoms with Crippen LogP contribution in [-0.2, 0) is 6.42 Å². The molecule has 0 radical (unpaired) electrons. The van der Waals surface area contributed by atoms with Gasteiger partial charge in [-0.1, -0.05) is 24.3 Å². The molecule has 3 aromatic rings. The summed E-state index contributed by atoms with van der Waals surface area (Å²) in [5.74, 6) is 5.47. The first-order chi connectivity index (χ1) is 10.2. The van der Waals surface area contributed by atoms with Crippen molar-refractivity contribution < 1.29 is 4.39 Å². The molecule has 2 aromatic carbocycles. The van der Waals surface area contributed by atoms with Crippen LogP contribution >= 0.6 is 11.3 Å². The van der Waals surface area contributed by atoms with Crippen LogP contribution in [0.1, 0.15) is 22.7 Å². The second-order valence-corrected chi connectivity index (χ2v) is 6.15. The van der Waals surface area contributed by atoms with Crippen molar-refractivity contribution in [2.75, 3.05) is 0 Å². The van der Waals surface area contributed by atoms with Crippen molar-refractivity contribution in [2.45, 2.75) is 19.4 Å². The van der Waals surface area contributed by atoms with Crippen LogP contribution in [0.15, 0.2) is 47.8 Å². The smallest absolute Gasteiger partial charge is 0.123 e. The standard InChI is InChI=1S/C17H17FN2S/c1-11-6-12(8-14(18)7-11)16(20-19)9-13-10-21-17-5-3-2-4-15(13)17/h2-8,10,16,20H,9,19H2,1H3. The molecular formula is C17H17FN2S. The number of fused-ring (bicyclic) bond motifs is 1. The summed E-state index contributed by atoms with van der Waals surface area (Å²) >= 11 is 1.73. The fourth-order valence-corrected chi connectivity index (χ4v) is 3.63. The molecule has 0 fully saturated rings. The third-order valence-electron chi connectivity index (χ3n) is 3.65. The van der Waals surface area contributed by atoms with Crippen LogP contribution < -0.4 is 11.3 Å². The maximum absolute atomic E-state index is 13.6. The Morgan fingerprint density at radius 2 is 2.05 bits per heavy atom. The van der Waals surface area contributed by atoms with Crippen molar-refractivity contribution in [3.8, 4) is 0 Å². The largest absolute Gasteiger partial charge is 0.271 e. The lowest BCUT2D eigenvalue weighted by Gasteiger charge is -2.17. The van der Waals surface area contributed by atoms with Gasteiger partial charge in [0, 0.05) is 4.70 Å². The minimum atomic E-state index is -0.222. The summed E-state index contributed by atoms with van der Waals surface area (Å²) in [5, 5.41) is 3.40. The molecule has 0 aliphatic heterocycles. The Kier molecular flexibility index (Phi) is 4.01. The number of thiophene rings is 1. The van der Waals surface area contributed by atoms with Crippen LogP contribution in [0.3, 0.4) is 0 Å². The summed E-state index contributed by atoms with van der Waals surface area (Å²) in [7, 11) is 0. The van der Waals surface area contributed by atoms with Gasteiger partial charge in [0.2, 0.25) is 0 Å². The SMILES string of the molecule is Cc1cc(F)cc(C(Cc2csc3ccccc23)NN)c1. The molecule has 21 heavy (non-hydrogen) atoms. The average Bonchev–Trinajstić information content (AvgIpc) is 2.87. The van der Waals surface area contributed by atoms with Crippen LogP contribution in [0.5, 0.6) is 0 Å². The van der Waals surface area contributed by atoms with Crippen LogP contribution in [0.25, 0.3) is 10.1 Å². The third kappa shape index (κ3) is 2.97. The Hall–Kier alpha value is -1.75. The van der Waals surface area contributed by atoms with Gasteiger partial charge in [-0.15, -0.1) is 11.3 Å². The van der Waals surface area contributed by atoms with Gasteiger partial charge in [-0.05, 0) is 59.0 Å². The maximum atomic E-state index is 13.6. The minimum Gasteiger partial charge on any atom is -0.271 e. The summed E-state index contributed by atoms with van der Waals surface area (Å²) in [6.07, 6.45) is 0.739. The molecular weight excluding hydrogens is 283 g/mol. The minimum absolute atomic E-state index is 0.0996. The highest BCUT2D eigenvalue weighted by atomic mass is 32.1. The summed E-state index contributed by atoms with van der Waals surface area (Å²) in [6.45, 7) is 1.89. The van der Waals surface area contributed by atoms with Gasteiger partial charge < -0.3 is 0 Å². The fraction of sp³-hybridized carbons (Fsp3) is 0.176. The maximum Gasteiger partial charge on any atom is 0.123 e. The monoisotopic (exact) mass is 300 g/mol. The molecule has 0 saturated heterocycles. The molecule has 4 heteroatoms. The molecule has 2 nitrogen and oxygen atoms in total. The Morgan fingerprint density at radius 3 is 2.81 bits per heavy atom. The summed E-state index contributed by atoms with van der Waals surface area (Å²) < 4.78 is 14.9. The quantitative estimate of drug-likeness (QED) is 0.562. The Bertz CT molecular complexity index is 746. The lowest BCUT2D eigenvalue weighted by atomic mass is 9.97. The van der Waals surface area contributed by atoms with Crippen molar-refractivity contribution >= 4 is 21.4 Å². The van der Waals surface area contributed by atoms with Gasteiger partial charge in [0.1, 0.15) is 5.82 Å². The van der Waals surface area contributed by atoms with Crippen LogP contribution in [-0.4, -0.2) is 0 Å². The topological polar surface area (TPSA) is 38.0 Å². The second-order valence-electron chi connectivity index (χ2n) is 5.24. The van der Waals surface area contributed by atoms with E-state index in [0.717, 1.165) is 17.5 Å². The van der Waals surface area contributed by atoms with E-state index >= 15 is 0 Å². The molecule has 0 bridgehead atoms. The lowest BCUT2D eigenvalue weighted by Crippen LogP contribution is -2.29. The van der Waals surface area contributed by atoms with Crippen molar-refractivity contribution in [1.29, 1.82) is 0 Å². The fourth-order valence-electron chi connectivity index (χ4n) is 2.65. The van der Waals surface area contributed by atoms with E-state index in [4.69, 9.17) is 5.84 Å². The van der Waals surface area contributed by atoms with E-state index in [9.17, 15) is 4.39 Å². The predicted molar refractivity (Wildman–Crippen MR) is 86.7 cm³/mol. The third-order valence-corrected chi connectivity index (χ3v) is 4.67. The molecule has 3 rings (SSSR count). The summed E-state index contributed by atoms with van der Waals surface area (Å²) in [4.78, 5) is 0. The Balaban J connectivity index is 1.94. The normalized spacial score (nSPS) is 12.7. The Morgan fingerprint density at radius 1 is 1.24 bits per heavy atom. The first-order valence-corrected chi connectivity index (χ1v) is 7.73. The highest BCUT2D eigenvalue weighted by Gasteiger charge is 2.14. The van der Waals surface area contributed by atoms with E-state index in [2.05, 4.69) is 22.9 Å². The first kappa shape index (κ1) is 14.2. The van der Waals surface area contributed by atoms with Crippen LogP contribution in [0, 0.1) is 12.7 Å². The summed E-state index contributed by atoms with van der Waals surface area (Å²) in [6, 6.07) is 13.3. The number of hydrogen-bond acceptors (Lipinski definition) is 3. The van der Waals surface area contributed by atoms with E-state index in [-0.39, 0.29) is 11.9 Å². The van der Waals surface area contributed by atoms with Crippen molar-refractivity contribution in [2.24, 2.45) is 5.84 Å². The molecule has 1 unspecified atom stereocenters. The zero-order valence-electron chi connectivity index (χ0n) is 11.8. The molecule has 108 valence electrons. The van der Waals surface area contributed by atoms with Crippen molar-refractivity contribution in [1.82, 2.24) is 5.43 Å². The zero-order chi connectivity index (χ0) is 14.8. The molecule has 0 amide bonds. The van der Waals surface area contributed by atoms with E-state index < -0.39 is 0 Å². The lowest BCUT2D eigenvalue weighted by molar-refractivity contribution is 0.545. The molecule has 0 spiro atoms. The van der Waals surface area contributed by atoms with Gasteiger partial charge in [0.15, 0.2) is 0 Å². The number of aryl methyl sites for hydroxylation is 1. The van der Waals surface area contributed by atoms with Gasteiger partial charge in [0.25, 0.3) is 0 Å². The van der Waals surface area contributed by atoms with Crippen molar-refractivity contribution in [3.63, 3.8) is 0 Å². The second kappa shape index (κ2) is 5.93. The number of hydrogen-bond donors (Lipinski definition) is 2. The van der Waals surface area contributed by atoms with Crippen molar-refractivity contribution in [3.05, 3.63) is 70.4 Å². The first-order valence-electron chi connectivity index (χ1n) is 6.85. The molecule has 1 atom stereocenters. The van der Waals surface area contributed by atoms with Gasteiger partial charge in [-0.25, -0.2) is 4.39 Å². The number of hydrazine groups is 1. The molecule has 0 saturated carbocycles. The van der Waals surface area contributed by atoms with E-state index in [1.54, 1.807) is 17.4 Å². The zero-order valence-corrected chi connectivity index (χ0v) is 12.6. The molecule has 0 aliphatic carbocycles. The average molecular weight is 300 g/mol. The molecule has 1 heterocycles. The molecule has 1 aromatic heterocycles. The number of nitrogens with one attached hydrogen (secondary N) is 1. The van der Waals surface area contributed by atoms with Gasteiger partial charge >= 0.3 is 0 Å². The Labute approximate surface area is 127 Å². The van der Waals surface area contributed by atoms with E-state index in [1.165, 1.54) is 21.7 Å². The van der Waals surface area contributed by atoms with Crippen LogP contribution in [0.4, 0.5) is 4.39 Å². The van der Waals surface area contributed by atoms with E-state index in [1.807, 2.05) is 25.1 Å². The highest BCUT2D eigenvalue weighted by molar-refractivity contribution is 7.17. The molecule has 0 aliphatic rings. The number of rotatable bonds is 4. The van der Waals surface area contributed by atoms with E-state index in [0.29, 0.717) is 0 Å².